The van der Waals surface area contributed by atoms with Gasteiger partial charge in [-0.1, -0.05) is 19.1 Å². The van der Waals surface area contributed by atoms with E-state index in [4.69, 9.17) is 0 Å². The zero-order valence-corrected chi connectivity index (χ0v) is 11.7. The van der Waals surface area contributed by atoms with Gasteiger partial charge in [0.25, 0.3) is 0 Å². The second-order valence-corrected chi connectivity index (χ2v) is 7.48. The number of sulfone groups is 1. The lowest BCUT2D eigenvalue weighted by atomic mass is 10.4. The molecule has 1 aromatic carbocycles. The van der Waals surface area contributed by atoms with Crippen molar-refractivity contribution in [2.24, 2.45) is 0 Å². The first kappa shape index (κ1) is 13.1. The van der Waals surface area contributed by atoms with Crippen molar-refractivity contribution < 1.29 is 8.42 Å². The molecule has 0 saturated carbocycles. The summed E-state index contributed by atoms with van der Waals surface area (Å²) in [5, 5.41) is 0. The van der Waals surface area contributed by atoms with Crippen LogP contribution < -0.4 is 0 Å². The maximum atomic E-state index is 11.2. The van der Waals surface area contributed by atoms with Gasteiger partial charge in [-0.2, -0.15) is 0 Å². The molecule has 0 unspecified atom stereocenters. The van der Waals surface area contributed by atoms with E-state index in [1.807, 2.05) is 24.3 Å². The van der Waals surface area contributed by atoms with Crippen molar-refractivity contribution in [3.05, 3.63) is 28.7 Å². The summed E-state index contributed by atoms with van der Waals surface area (Å²) in [5.41, 5.74) is 0. The van der Waals surface area contributed by atoms with Gasteiger partial charge in [0.15, 0.2) is 9.84 Å². The summed E-state index contributed by atoms with van der Waals surface area (Å²) in [4.78, 5) is 1.09. The maximum absolute atomic E-state index is 11.2. The highest BCUT2D eigenvalue weighted by Gasteiger charge is 2.07. The van der Waals surface area contributed by atoms with Gasteiger partial charge in [-0.15, -0.1) is 11.8 Å². The lowest BCUT2D eigenvalue weighted by Crippen LogP contribution is -2.10. The average molecular weight is 309 g/mol. The maximum Gasteiger partial charge on any atom is 0.150 e. The van der Waals surface area contributed by atoms with Gasteiger partial charge >= 0.3 is 0 Å². The standard InChI is InChI=1S/C10H13BrO2S2/c1-2-15(12,13)8-7-14-10-6-4-3-5-9(10)11/h3-6H,2,7-8H2,1H3. The molecule has 0 aromatic heterocycles. The fraction of sp³-hybridized carbons (Fsp3) is 0.400. The third kappa shape index (κ3) is 4.57. The van der Waals surface area contributed by atoms with Crippen molar-refractivity contribution in [3.8, 4) is 0 Å². The second-order valence-electron chi connectivity index (χ2n) is 3.02. The molecule has 0 radical (unpaired) electrons. The molecule has 1 aromatic rings. The monoisotopic (exact) mass is 308 g/mol. The fourth-order valence-corrected chi connectivity index (χ4v) is 3.85. The minimum atomic E-state index is -2.84. The Bertz CT molecular complexity index is 415. The molecule has 2 nitrogen and oxygen atoms in total. The van der Waals surface area contributed by atoms with Crippen LogP contribution >= 0.6 is 27.7 Å². The predicted molar refractivity (Wildman–Crippen MR) is 69.2 cm³/mol. The van der Waals surface area contributed by atoms with Gasteiger partial charge in [-0.3, -0.25) is 0 Å². The molecule has 5 heteroatoms. The van der Waals surface area contributed by atoms with E-state index in [0.29, 0.717) is 5.75 Å². The average Bonchev–Trinajstić information content (AvgIpc) is 2.21. The van der Waals surface area contributed by atoms with Crippen molar-refractivity contribution in [1.82, 2.24) is 0 Å². The summed E-state index contributed by atoms with van der Waals surface area (Å²) in [6.07, 6.45) is 0. The van der Waals surface area contributed by atoms with Gasteiger partial charge in [0.05, 0.1) is 5.75 Å². The molecule has 0 aliphatic rings. The summed E-state index contributed by atoms with van der Waals surface area (Å²) in [6, 6.07) is 7.82. The van der Waals surface area contributed by atoms with E-state index >= 15 is 0 Å². The third-order valence-electron chi connectivity index (χ3n) is 1.93. The normalized spacial score (nSPS) is 11.6. The number of rotatable bonds is 5. The van der Waals surface area contributed by atoms with Crippen LogP contribution in [0.4, 0.5) is 0 Å². The van der Waals surface area contributed by atoms with Gasteiger partial charge in [-0.05, 0) is 28.1 Å². The molecule has 0 spiro atoms. The predicted octanol–water partition coefficient (Wildman–Crippen LogP) is 2.98. The molecule has 1 rings (SSSR count). The van der Waals surface area contributed by atoms with Crippen LogP contribution in [0.2, 0.25) is 0 Å². The van der Waals surface area contributed by atoms with Crippen LogP contribution in [0, 0.1) is 0 Å². The SMILES string of the molecule is CCS(=O)(=O)CCSc1ccccc1Br. The topological polar surface area (TPSA) is 34.1 Å². The number of thioether (sulfide) groups is 1. The largest absolute Gasteiger partial charge is 0.229 e. The smallest absolute Gasteiger partial charge is 0.150 e. The van der Waals surface area contributed by atoms with Gasteiger partial charge in [0.1, 0.15) is 0 Å². The second kappa shape index (κ2) is 5.92. The summed E-state index contributed by atoms with van der Waals surface area (Å²) < 4.78 is 23.5. The van der Waals surface area contributed by atoms with Crippen molar-refractivity contribution in [1.29, 1.82) is 0 Å². The highest BCUT2D eigenvalue weighted by molar-refractivity contribution is 9.10. The van der Waals surface area contributed by atoms with Gasteiger partial charge in [0, 0.05) is 20.9 Å². The Labute approximate surface area is 104 Å². The zero-order chi connectivity index (χ0) is 11.3. The van der Waals surface area contributed by atoms with E-state index < -0.39 is 9.84 Å². The molecule has 0 N–H and O–H groups in total. The van der Waals surface area contributed by atoms with Gasteiger partial charge in [0.2, 0.25) is 0 Å². The van der Waals surface area contributed by atoms with Crippen LogP contribution in [0.5, 0.6) is 0 Å². The van der Waals surface area contributed by atoms with E-state index in [1.165, 1.54) is 0 Å². The minimum Gasteiger partial charge on any atom is -0.229 e. The third-order valence-corrected chi connectivity index (χ3v) is 5.92. The summed E-state index contributed by atoms with van der Waals surface area (Å²) in [7, 11) is -2.84. The van der Waals surface area contributed by atoms with Crippen molar-refractivity contribution in [2.75, 3.05) is 17.3 Å². The summed E-state index contributed by atoms with van der Waals surface area (Å²) >= 11 is 4.99. The van der Waals surface area contributed by atoms with E-state index in [1.54, 1.807) is 18.7 Å². The number of hydrogen-bond acceptors (Lipinski definition) is 3. The van der Waals surface area contributed by atoms with E-state index in [2.05, 4.69) is 15.9 Å². The first-order chi connectivity index (χ1) is 7.05. The highest BCUT2D eigenvalue weighted by Crippen LogP contribution is 2.26. The molecule has 84 valence electrons. The van der Waals surface area contributed by atoms with E-state index in [-0.39, 0.29) is 11.5 Å². The van der Waals surface area contributed by atoms with E-state index in [0.717, 1.165) is 9.37 Å². The van der Waals surface area contributed by atoms with Crippen LogP contribution in [0.15, 0.2) is 33.6 Å². The Morgan fingerprint density at radius 3 is 2.60 bits per heavy atom. The molecule has 0 bridgehead atoms. The molecule has 0 atom stereocenters. The molecular weight excluding hydrogens is 296 g/mol. The Balaban J connectivity index is 2.49. The van der Waals surface area contributed by atoms with Crippen molar-refractivity contribution >= 4 is 37.5 Å². The van der Waals surface area contributed by atoms with Crippen LogP contribution in [-0.4, -0.2) is 25.7 Å². The molecule has 0 aliphatic carbocycles. The highest BCUT2D eigenvalue weighted by atomic mass is 79.9. The van der Waals surface area contributed by atoms with Crippen LogP contribution in [0.1, 0.15) is 6.92 Å². The molecule has 0 saturated heterocycles. The molecule has 0 amide bonds. The Morgan fingerprint density at radius 2 is 2.00 bits per heavy atom. The van der Waals surface area contributed by atoms with Crippen molar-refractivity contribution in [3.63, 3.8) is 0 Å². The van der Waals surface area contributed by atoms with Gasteiger partial charge in [-0.25, -0.2) is 8.42 Å². The molecule has 15 heavy (non-hydrogen) atoms. The molecule has 0 heterocycles. The van der Waals surface area contributed by atoms with Crippen molar-refractivity contribution in [2.45, 2.75) is 11.8 Å². The number of hydrogen-bond donors (Lipinski definition) is 0. The van der Waals surface area contributed by atoms with Crippen LogP contribution in [0.25, 0.3) is 0 Å². The summed E-state index contributed by atoms with van der Waals surface area (Å²) in [6.45, 7) is 1.68. The zero-order valence-electron chi connectivity index (χ0n) is 8.44. The fourth-order valence-electron chi connectivity index (χ4n) is 0.985. The van der Waals surface area contributed by atoms with Gasteiger partial charge < -0.3 is 0 Å². The minimum absolute atomic E-state index is 0.226. The van der Waals surface area contributed by atoms with Crippen LogP contribution in [0.3, 0.4) is 0 Å². The lowest BCUT2D eigenvalue weighted by molar-refractivity contribution is 0.599. The Hall–Kier alpha value is -0.000000000000000111. The Morgan fingerprint density at radius 1 is 1.33 bits per heavy atom. The first-order valence-corrected chi connectivity index (χ1v) is 8.23. The summed E-state index contributed by atoms with van der Waals surface area (Å²) in [5.74, 6) is 1.08. The molecular formula is C10H13BrO2S2. The quantitative estimate of drug-likeness (QED) is 0.784. The van der Waals surface area contributed by atoms with Crippen LogP contribution in [-0.2, 0) is 9.84 Å². The lowest BCUT2D eigenvalue weighted by Gasteiger charge is -2.03. The first-order valence-electron chi connectivity index (χ1n) is 4.63. The molecule has 0 aliphatic heterocycles. The number of benzene rings is 1. The number of halogens is 1. The molecule has 0 fully saturated rings. The Kier molecular flexibility index (Phi) is 5.15. The van der Waals surface area contributed by atoms with E-state index in [9.17, 15) is 8.42 Å².